The van der Waals surface area contributed by atoms with Gasteiger partial charge in [-0.1, -0.05) is 41.4 Å². The largest absolute Gasteiger partial charge is 0.495 e. The Morgan fingerprint density at radius 2 is 1.77 bits per heavy atom. The first-order valence-corrected chi connectivity index (χ1v) is 8.25. The molecule has 0 saturated heterocycles. The van der Waals surface area contributed by atoms with Crippen molar-refractivity contribution in [2.75, 3.05) is 19.5 Å². The molecule has 3 rings (SSSR count). The SMILES string of the molecule is COc1cc(OC)c(NC(=O)c2cc(-c3ccc(C)cc3)n[nH]2)cc1Cl. The first-order chi connectivity index (χ1) is 12.5. The van der Waals surface area contributed by atoms with Crippen LogP contribution in [0.25, 0.3) is 11.3 Å². The Balaban J connectivity index is 1.83. The Hall–Kier alpha value is -2.99. The second kappa shape index (κ2) is 7.49. The van der Waals surface area contributed by atoms with E-state index in [2.05, 4.69) is 15.5 Å². The third kappa shape index (κ3) is 3.65. The first-order valence-electron chi connectivity index (χ1n) is 7.87. The minimum Gasteiger partial charge on any atom is -0.495 e. The molecule has 0 atom stereocenters. The third-order valence-electron chi connectivity index (χ3n) is 3.89. The molecule has 2 N–H and O–H groups in total. The Morgan fingerprint density at radius 3 is 2.42 bits per heavy atom. The van der Waals surface area contributed by atoms with Crippen LogP contribution in [-0.4, -0.2) is 30.3 Å². The van der Waals surface area contributed by atoms with Crippen molar-refractivity contribution in [2.24, 2.45) is 0 Å². The number of ether oxygens (including phenoxy) is 2. The number of nitrogens with one attached hydrogen (secondary N) is 2. The lowest BCUT2D eigenvalue weighted by Crippen LogP contribution is -2.13. The molecule has 1 amide bonds. The van der Waals surface area contributed by atoms with E-state index in [1.54, 1.807) is 18.2 Å². The topological polar surface area (TPSA) is 76.2 Å². The summed E-state index contributed by atoms with van der Waals surface area (Å²) in [4.78, 5) is 12.5. The molecule has 0 bridgehead atoms. The van der Waals surface area contributed by atoms with Crippen LogP contribution in [0.4, 0.5) is 5.69 Å². The summed E-state index contributed by atoms with van der Waals surface area (Å²) < 4.78 is 10.4. The smallest absolute Gasteiger partial charge is 0.273 e. The molecule has 2 aromatic carbocycles. The highest BCUT2D eigenvalue weighted by Gasteiger charge is 2.16. The zero-order valence-corrected chi connectivity index (χ0v) is 15.3. The van der Waals surface area contributed by atoms with Gasteiger partial charge >= 0.3 is 0 Å². The van der Waals surface area contributed by atoms with E-state index >= 15 is 0 Å². The lowest BCUT2D eigenvalue weighted by atomic mass is 10.1. The second-order valence-corrected chi connectivity index (χ2v) is 6.08. The number of rotatable bonds is 5. The van der Waals surface area contributed by atoms with Crippen LogP contribution in [-0.2, 0) is 0 Å². The second-order valence-electron chi connectivity index (χ2n) is 5.67. The van der Waals surface area contributed by atoms with Gasteiger partial charge in [0.25, 0.3) is 5.91 Å². The maximum absolute atomic E-state index is 12.5. The van der Waals surface area contributed by atoms with Crippen LogP contribution >= 0.6 is 11.6 Å². The minimum absolute atomic E-state index is 0.328. The van der Waals surface area contributed by atoms with Gasteiger partial charge in [0, 0.05) is 11.6 Å². The molecule has 26 heavy (non-hydrogen) atoms. The quantitative estimate of drug-likeness (QED) is 0.700. The summed E-state index contributed by atoms with van der Waals surface area (Å²) in [5.74, 6) is 0.554. The van der Waals surface area contributed by atoms with Crippen LogP contribution in [0.5, 0.6) is 11.5 Å². The van der Waals surface area contributed by atoms with Crippen LogP contribution in [0.2, 0.25) is 5.02 Å². The normalized spacial score (nSPS) is 10.5. The van der Waals surface area contributed by atoms with Crippen molar-refractivity contribution >= 4 is 23.2 Å². The number of hydrogen-bond acceptors (Lipinski definition) is 4. The van der Waals surface area contributed by atoms with E-state index in [1.807, 2.05) is 31.2 Å². The maximum Gasteiger partial charge on any atom is 0.273 e. The number of anilines is 1. The molecular formula is C19H18ClN3O3. The van der Waals surface area contributed by atoms with Crippen LogP contribution < -0.4 is 14.8 Å². The number of carbonyl (C=O) groups excluding carboxylic acids is 1. The molecule has 0 aliphatic heterocycles. The lowest BCUT2D eigenvalue weighted by Gasteiger charge is -2.12. The number of aromatic nitrogens is 2. The van der Waals surface area contributed by atoms with E-state index in [9.17, 15) is 4.79 Å². The summed E-state index contributed by atoms with van der Waals surface area (Å²) in [6, 6.07) is 12.8. The number of methoxy groups -OCH3 is 2. The lowest BCUT2D eigenvalue weighted by molar-refractivity contribution is 0.102. The van der Waals surface area contributed by atoms with E-state index in [0.717, 1.165) is 11.1 Å². The van der Waals surface area contributed by atoms with Gasteiger partial charge in [0.05, 0.1) is 30.6 Å². The van der Waals surface area contributed by atoms with E-state index in [-0.39, 0.29) is 5.91 Å². The van der Waals surface area contributed by atoms with E-state index < -0.39 is 0 Å². The number of H-pyrrole nitrogens is 1. The summed E-state index contributed by atoms with van der Waals surface area (Å²) in [5.41, 5.74) is 3.54. The van der Waals surface area contributed by atoms with E-state index in [4.69, 9.17) is 21.1 Å². The van der Waals surface area contributed by atoms with E-state index in [0.29, 0.717) is 33.6 Å². The minimum atomic E-state index is -0.351. The first kappa shape index (κ1) is 17.8. The molecule has 1 heterocycles. The van der Waals surface area contributed by atoms with Crippen LogP contribution in [0.15, 0.2) is 42.5 Å². The van der Waals surface area contributed by atoms with Crippen molar-refractivity contribution in [3.63, 3.8) is 0 Å². The Bertz CT molecular complexity index is 936. The molecule has 1 aromatic heterocycles. The van der Waals surface area contributed by atoms with Gasteiger partial charge in [0.2, 0.25) is 0 Å². The fourth-order valence-electron chi connectivity index (χ4n) is 2.46. The molecule has 0 spiro atoms. The number of aromatic amines is 1. The van der Waals surface area contributed by atoms with Gasteiger partial charge in [-0.05, 0) is 19.1 Å². The predicted octanol–water partition coefficient (Wildman–Crippen LogP) is 4.31. The average molecular weight is 372 g/mol. The fraction of sp³-hybridized carbons (Fsp3) is 0.158. The van der Waals surface area contributed by atoms with Crippen molar-refractivity contribution in [1.29, 1.82) is 0 Å². The molecule has 6 nitrogen and oxygen atoms in total. The van der Waals surface area contributed by atoms with Crippen molar-refractivity contribution in [1.82, 2.24) is 10.2 Å². The average Bonchev–Trinajstić information content (AvgIpc) is 3.13. The molecule has 3 aromatic rings. The van der Waals surface area contributed by atoms with Gasteiger partial charge in [-0.25, -0.2) is 0 Å². The Kier molecular flexibility index (Phi) is 5.14. The molecule has 0 aliphatic carbocycles. The fourth-order valence-corrected chi connectivity index (χ4v) is 2.70. The van der Waals surface area contributed by atoms with Gasteiger partial charge in [0.15, 0.2) is 0 Å². The Labute approximate surface area is 156 Å². The van der Waals surface area contributed by atoms with Gasteiger partial charge in [-0.2, -0.15) is 5.10 Å². The molecular weight excluding hydrogens is 354 g/mol. The third-order valence-corrected chi connectivity index (χ3v) is 4.19. The highest BCUT2D eigenvalue weighted by Crippen LogP contribution is 2.36. The van der Waals surface area contributed by atoms with Crippen LogP contribution in [0.3, 0.4) is 0 Å². The van der Waals surface area contributed by atoms with Crippen molar-refractivity contribution < 1.29 is 14.3 Å². The number of aryl methyl sites for hydroxylation is 1. The van der Waals surface area contributed by atoms with Crippen LogP contribution in [0, 0.1) is 6.92 Å². The molecule has 0 saturated carbocycles. The number of carbonyl (C=O) groups is 1. The number of amides is 1. The summed E-state index contributed by atoms with van der Waals surface area (Å²) in [7, 11) is 3.01. The van der Waals surface area contributed by atoms with Crippen molar-refractivity contribution in [3.8, 4) is 22.8 Å². The molecule has 0 unspecified atom stereocenters. The number of benzene rings is 2. The maximum atomic E-state index is 12.5. The van der Waals surface area contributed by atoms with Gasteiger partial charge in [0.1, 0.15) is 17.2 Å². The molecule has 7 heteroatoms. The monoisotopic (exact) mass is 371 g/mol. The van der Waals surface area contributed by atoms with E-state index in [1.165, 1.54) is 14.2 Å². The standard InChI is InChI=1S/C19H18ClN3O3/c1-11-4-6-12(7-5-11)14-9-16(23-22-14)19(24)21-15-8-13(20)17(25-2)10-18(15)26-3/h4-10H,1-3H3,(H,21,24)(H,22,23). The highest BCUT2D eigenvalue weighted by molar-refractivity contribution is 6.32. The number of halogens is 1. The van der Waals surface area contributed by atoms with Crippen molar-refractivity contribution in [2.45, 2.75) is 6.92 Å². The zero-order chi connectivity index (χ0) is 18.7. The molecule has 0 fully saturated rings. The number of hydrogen-bond donors (Lipinski definition) is 2. The summed E-state index contributed by atoms with van der Waals surface area (Å²) in [6.45, 7) is 2.01. The van der Waals surface area contributed by atoms with Gasteiger partial charge in [-0.3, -0.25) is 9.89 Å². The summed E-state index contributed by atoms with van der Waals surface area (Å²) >= 11 is 6.13. The molecule has 134 valence electrons. The van der Waals surface area contributed by atoms with Crippen LogP contribution in [0.1, 0.15) is 16.1 Å². The summed E-state index contributed by atoms with van der Waals surface area (Å²) in [5, 5.41) is 10.1. The predicted molar refractivity (Wildman–Crippen MR) is 101 cm³/mol. The molecule has 0 aliphatic rings. The summed E-state index contributed by atoms with van der Waals surface area (Å²) in [6.07, 6.45) is 0. The number of nitrogens with zero attached hydrogens (tertiary/aromatic N) is 1. The highest BCUT2D eigenvalue weighted by atomic mass is 35.5. The Morgan fingerprint density at radius 1 is 1.08 bits per heavy atom. The van der Waals surface area contributed by atoms with Gasteiger partial charge in [-0.15, -0.1) is 0 Å². The van der Waals surface area contributed by atoms with Gasteiger partial charge < -0.3 is 14.8 Å². The molecule has 0 radical (unpaired) electrons. The zero-order valence-electron chi connectivity index (χ0n) is 14.6. The van der Waals surface area contributed by atoms with Crippen molar-refractivity contribution in [3.05, 3.63) is 58.7 Å².